The lowest BCUT2D eigenvalue weighted by Crippen LogP contribution is -2.49. The third-order valence-electron chi connectivity index (χ3n) is 5.42. The molecule has 1 aromatic heterocycles. The molecule has 7 nitrogen and oxygen atoms in total. The summed E-state index contributed by atoms with van der Waals surface area (Å²) in [6.07, 6.45) is 7.51. The highest BCUT2D eigenvalue weighted by atomic mass is 16.6. The van der Waals surface area contributed by atoms with Gasteiger partial charge < -0.3 is 9.80 Å². The van der Waals surface area contributed by atoms with Crippen LogP contribution < -0.4 is 0 Å². The summed E-state index contributed by atoms with van der Waals surface area (Å²) >= 11 is 0. The Balaban J connectivity index is 1.49. The standard InChI is InChI=1S/C16H27N5O2/c1-13(2)18-7-3-14(4-8-18)19-9-5-15(6-10-19)20-12-16(11-17-20)21(22)23/h11-15H,3-10H2,1-2H3. The average molecular weight is 321 g/mol. The minimum absolute atomic E-state index is 0.0912. The Kier molecular flexibility index (Phi) is 4.96. The summed E-state index contributed by atoms with van der Waals surface area (Å²) in [5, 5.41) is 14.9. The SMILES string of the molecule is CC(C)N1CCC(N2CCC(n3cc([N+](=O)[O-])cn3)CC2)CC1. The zero-order valence-corrected chi connectivity index (χ0v) is 14.1. The Bertz CT molecular complexity index is 528. The molecule has 0 spiro atoms. The normalized spacial score (nSPS) is 22.7. The van der Waals surface area contributed by atoms with E-state index >= 15 is 0 Å². The van der Waals surface area contributed by atoms with E-state index in [1.807, 2.05) is 0 Å². The van der Waals surface area contributed by atoms with Crippen LogP contribution in [-0.4, -0.2) is 62.8 Å². The second-order valence-electron chi connectivity index (χ2n) is 7.06. The van der Waals surface area contributed by atoms with Gasteiger partial charge in [0.1, 0.15) is 12.4 Å². The Morgan fingerprint density at radius 1 is 1.13 bits per heavy atom. The quantitative estimate of drug-likeness (QED) is 0.629. The van der Waals surface area contributed by atoms with Crippen molar-refractivity contribution in [3.63, 3.8) is 0 Å². The van der Waals surface area contributed by atoms with E-state index in [0.717, 1.165) is 25.9 Å². The van der Waals surface area contributed by atoms with Gasteiger partial charge in [0.25, 0.3) is 0 Å². The minimum Gasteiger partial charge on any atom is -0.301 e. The molecular formula is C16H27N5O2. The third-order valence-corrected chi connectivity index (χ3v) is 5.42. The molecule has 23 heavy (non-hydrogen) atoms. The number of rotatable bonds is 4. The number of piperidine rings is 2. The molecule has 2 aliphatic rings. The molecule has 0 radical (unpaired) electrons. The van der Waals surface area contributed by atoms with Crippen molar-refractivity contribution >= 4 is 5.69 Å². The molecule has 1 aromatic rings. The molecule has 0 atom stereocenters. The second-order valence-corrected chi connectivity index (χ2v) is 7.06. The fraction of sp³-hybridized carbons (Fsp3) is 0.812. The van der Waals surface area contributed by atoms with E-state index < -0.39 is 0 Å². The molecule has 128 valence electrons. The Hall–Kier alpha value is -1.47. The van der Waals surface area contributed by atoms with E-state index in [1.54, 1.807) is 10.9 Å². The van der Waals surface area contributed by atoms with Crippen LogP contribution in [0.5, 0.6) is 0 Å². The predicted octanol–water partition coefficient (Wildman–Crippen LogP) is 2.30. The lowest BCUT2D eigenvalue weighted by Gasteiger charge is -2.42. The summed E-state index contributed by atoms with van der Waals surface area (Å²) in [5.41, 5.74) is 0.0912. The van der Waals surface area contributed by atoms with Crippen molar-refractivity contribution in [3.8, 4) is 0 Å². The van der Waals surface area contributed by atoms with E-state index in [9.17, 15) is 10.1 Å². The van der Waals surface area contributed by atoms with Crippen LogP contribution >= 0.6 is 0 Å². The average Bonchev–Trinajstić information content (AvgIpc) is 3.05. The molecule has 0 bridgehead atoms. The van der Waals surface area contributed by atoms with Gasteiger partial charge in [-0.2, -0.15) is 5.10 Å². The van der Waals surface area contributed by atoms with E-state index in [2.05, 4.69) is 28.7 Å². The number of aromatic nitrogens is 2. The summed E-state index contributed by atoms with van der Waals surface area (Å²) < 4.78 is 1.79. The van der Waals surface area contributed by atoms with Gasteiger partial charge in [0.05, 0.1) is 11.0 Å². The van der Waals surface area contributed by atoms with Crippen LogP contribution in [0, 0.1) is 10.1 Å². The van der Waals surface area contributed by atoms with Crippen molar-refractivity contribution < 1.29 is 4.92 Å². The Morgan fingerprint density at radius 2 is 1.74 bits per heavy atom. The van der Waals surface area contributed by atoms with E-state index in [1.165, 1.54) is 32.1 Å². The summed E-state index contributed by atoms with van der Waals surface area (Å²) in [5.74, 6) is 0. The molecular weight excluding hydrogens is 294 g/mol. The van der Waals surface area contributed by atoms with Crippen molar-refractivity contribution in [3.05, 3.63) is 22.5 Å². The lowest BCUT2D eigenvalue weighted by atomic mass is 9.97. The van der Waals surface area contributed by atoms with E-state index in [4.69, 9.17) is 0 Å². The monoisotopic (exact) mass is 321 g/mol. The lowest BCUT2D eigenvalue weighted by molar-refractivity contribution is -0.385. The topological polar surface area (TPSA) is 67.4 Å². The van der Waals surface area contributed by atoms with Gasteiger partial charge in [-0.05, 0) is 52.6 Å². The fourth-order valence-corrected chi connectivity index (χ4v) is 3.90. The van der Waals surface area contributed by atoms with E-state index in [-0.39, 0.29) is 10.6 Å². The van der Waals surface area contributed by atoms with Crippen molar-refractivity contribution in [2.75, 3.05) is 26.2 Å². The van der Waals surface area contributed by atoms with Crippen molar-refractivity contribution in [1.29, 1.82) is 0 Å². The molecule has 0 saturated carbocycles. The second kappa shape index (κ2) is 6.97. The third kappa shape index (κ3) is 3.72. The number of hydrogen-bond acceptors (Lipinski definition) is 5. The van der Waals surface area contributed by atoms with Gasteiger partial charge in [-0.3, -0.25) is 14.8 Å². The van der Waals surface area contributed by atoms with Gasteiger partial charge in [-0.25, -0.2) is 0 Å². The number of nitrogens with zero attached hydrogens (tertiary/aromatic N) is 5. The first kappa shape index (κ1) is 16.4. The zero-order chi connectivity index (χ0) is 16.4. The van der Waals surface area contributed by atoms with Gasteiger partial charge >= 0.3 is 5.69 Å². The number of likely N-dealkylation sites (tertiary alicyclic amines) is 2. The number of hydrogen-bond donors (Lipinski definition) is 0. The van der Waals surface area contributed by atoms with Crippen molar-refractivity contribution in [1.82, 2.24) is 19.6 Å². The van der Waals surface area contributed by atoms with Crippen LogP contribution in [0.15, 0.2) is 12.4 Å². The first-order chi connectivity index (χ1) is 11.0. The van der Waals surface area contributed by atoms with Gasteiger partial charge in [-0.15, -0.1) is 0 Å². The summed E-state index contributed by atoms with van der Waals surface area (Å²) in [6.45, 7) is 9.10. The van der Waals surface area contributed by atoms with Crippen LogP contribution in [0.25, 0.3) is 0 Å². The van der Waals surface area contributed by atoms with Gasteiger partial charge in [0.15, 0.2) is 0 Å². The molecule has 2 fully saturated rings. The van der Waals surface area contributed by atoms with Crippen molar-refractivity contribution in [2.45, 2.75) is 57.7 Å². The molecule has 7 heteroatoms. The van der Waals surface area contributed by atoms with Crippen LogP contribution in [0.3, 0.4) is 0 Å². The maximum atomic E-state index is 10.8. The molecule has 0 aliphatic carbocycles. The highest BCUT2D eigenvalue weighted by Crippen LogP contribution is 2.27. The predicted molar refractivity (Wildman–Crippen MR) is 88.5 cm³/mol. The zero-order valence-electron chi connectivity index (χ0n) is 14.1. The number of nitro groups is 1. The first-order valence-corrected chi connectivity index (χ1v) is 8.71. The summed E-state index contributed by atoms with van der Waals surface area (Å²) in [4.78, 5) is 15.6. The van der Waals surface area contributed by atoms with Crippen LogP contribution in [0.2, 0.25) is 0 Å². The highest BCUT2D eigenvalue weighted by Gasteiger charge is 2.29. The highest BCUT2D eigenvalue weighted by molar-refractivity contribution is 5.21. The molecule has 0 amide bonds. The molecule has 0 unspecified atom stereocenters. The first-order valence-electron chi connectivity index (χ1n) is 8.71. The molecule has 0 N–H and O–H groups in total. The minimum atomic E-state index is -0.374. The largest absolute Gasteiger partial charge is 0.307 e. The van der Waals surface area contributed by atoms with Crippen molar-refractivity contribution in [2.24, 2.45) is 0 Å². The molecule has 0 aromatic carbocycles. The van der Waals surface area contributed by atoms with Crippen LogP contribution in [0.4, 0.5) is 5.69 Å². The van der Waals surface area contributed by atoms with Crippen LogP contribution in [0.1, 0.15) is 45.6 Å². The fourth-order valence-electron chi connectivity index (χ4n) is 3.90. The Labute approximate surface area is 137 Å². The molecule has 2 aliphatic heterocycles. The Morgan fingerprint density at radius 3 is 2.26 bits per heavy atom. The smallest absolute Gasteiger partial charge is 0.301 e. The van der Waals surface area contributed by atoms with Gasteiger partial charge in [-0.1, -0.05) is 0 Å². The maximum absolute atomic E-state index is 10.8. The van der Waals surface area contributed by atoms with Gasteiger partial charge in [0.2, 0.25) is 0 Å². The molecule has 3 heterocycles. The molecule has 2 saturated heterocycles. The summed E-state index contributed by atoms with van der Waals surface area (Å²) in [6, 6.07) is 1.66. The van der Waals surface area contributed by atoms with Gasteiger partial charge in [0, 0.05) is 25.2 Å². The molecule has 3 rings (SSSR count). The maximum Gasteiger partial charge on any atom is 0.307 e. The van der Waals surface area contributed by atoms with E-state index in [0.29, 0.717) is 18.1 Å². The van der Waals surface area contributed by atoms with Crippen LogP contribution in [-0.2, 0) is 0 Å². The summed E-state index contributed by atoms with van der Waals surface area (Å²) in [7, 11) is 0.